The molecule has 1 saturated carbocycles. The number of hydrogen-bond donors (Lipinski definition) is 0. The molecule has 3 fully saturated rings. The van der Waals surface area contributed by atoms with Crippen LogP contribution in [0.3, 0.4) is 0 Å². The van der Waals surface area contributed by atoms with Gasteiger partial charge in [0.05, 0.1) is 12.2 Å². The van der Waals surface area contributed by atoms with Crippen LogP contribution in [0.15, 0.2) is 0 Å². The van der Waals surface area contributed by atoms with E-state index in [2.05, 4.69) is 15.9 Å². The molecule has 0 bridgehead atoms. The van der Waals surface area contributed by atoms with E-state index in [1.165, 1.54) is 44.9 Å². The maximum atomic E-state index is 6.07. The molecule has 3 aliphatic rings. The Bertz CT molecular complexity index is 276. The zero-order valence-corrected chi connectivity index (χ0v) is 12.8. The second kappa shape index (κ2) is 5.80. The smallest absolute Gasteiger partial charge is 0.0939 e. The van der Waals surface area contributed by atoms with Crippen molar-refractivity contribution in [3.8, 4) is 0 Å². The van der Waals surface area contributed by atoms with E-state index in [0.717, 1.165) is 42.9 Å². The molecule has 18 heavy (non-hydrogen) atoms. The Morgan fingerprint density at radius 1 is 1.00 bits per heavy atom. The lowest BCUT2D eigenvalue weighted by atomic mass is 9.75. The Kier molecular flexibility index (Phi) is 4.32. The molecule has 2 aliphatic heterocycles. The summed E-state index contributed by atoms with van der Waals surface area (Å²) in [6.07, 6.45) is 10.6. The van der Waals surface area contributed by atoms with Crippen LogP contribution in [0.4, 0.5) is 0 Å². The molecule has 2 heterocycles. The van der Waals surface area contributed by atoms with Gasteiger partial charge in [0.2, 0.25) is 0 Å². The molecule has 3 rings (SSSR count). The quantitative estimate of drug-likeness (QED) is 0.539. The lowest BCUT2D eigenvalue weighted by molar-refractivity contribution is -0.107. The summed E-state index contributed by atoms with van der Waals surface area (Å²) < 4.78 is 11.7. The van der Waals surface area contributed by atoms with Gasteiger partial charge in [-0.25, -0.2) is 0 Å². The zero-order valence-electron chi connectivity index (χ0n) is 11.2. The van der Waals surface area contributed by atoms with Crippen molar-refractivity contribution in [1.82, 2.24) is 0 Å². The first-order valence-corrected chi connectivity index (χ1v) is 8.56. The summed E-state index contributed by atoms with van der Waals surface area (Å²) in [6, 6.07) is 0. The van der Waals surface area contributed by atoms with Gasteiger partial charge in [0, 0.05) is 24.5 Å². The summed E-state index contributed by atoms with van der Waals surface area (Å²) in [5.41, 5.74) is 0.0853. The van der Waals surface area contributed by atoms with Gasteiger partial charge in [-0.2, -0.15) is 0 Å². The molecule has 0 aromatic heterocycles. The van der Waals surface area contributed by atoms with E-state index in [1.807, 2.05) is 0 Å². The summed E-state index contributed by atoms with van der Waals surface area (Å²) in [5, 5.41) is 0. The number of halogens is 1. The van der Waals surface area contributed by atoms with Gasteiger partial charge in [-0.05, 0) is 37.5 Å². The van der Waals surface area contributed by atoms with E-state index >= 15 is 0 Å². The predicted octanol–water partition coefficient (Wildman–Crippen LogP) is 3.92. The highest BCUT2D eigenvalue weighted by Gasteiger charge is 2.44. The van der Waals surface area contributed by atoms with Crippen molar-refractivity contribution in [1.29, 1.82) is 0 Å². The van der Waals surface area contributed by atoms with E-state index in [-0.39, 0.29) is 5.60 Å². The van der Waals surface area contributed by atoms with Crippen molar-refractivity contribution >= 4 is 15.9 Å². The van der Waals surface area contributed by atoms with Gasteiger partial charge in [-0.15, -0.1) is 0 Å². The molecular formula is C15H25BrO2. The lowest BCUT2D eigenvalue weighted by Gasteiger charge is -2.41. The Morgan fingerprint density at radius 3 is 2.72 bits per heavy atom. The van der Waals surface area contributed by atoms with E-state index < -0.39 is 0 Å². The number of rotatable bonds is 1. The standard InChI is InChI=1S/C15H25BrO2/c16-14-5-3-1-2-4-13(14)12-6-8-18-15(10-12)7-9-17-11-15/h12-14H,1-11H2. The lowest BCUT2D eigenvalue weighted by Crippen LogP contribution is -2.43. The fraction of sp³-hybridized carbons (Fsp3) is 1.00. The van der Waals surface area contributed by atoms with Gasteiger partial charge >= 0.3 is 0 Å². The topological polar surface area (TPSA) is 18.5 Å². The largest absolute Gasteiger partial charge is 0.378 e. The Morgan fingerprint density at radius 2 is 1.89 bits per heavy atom. The summed E-state index contributed by atoms with van der Waals surface area (Å²) in [5.74, 6) is 1.72. The first kappa shape index (κ1) is 13.4. The molecule has 0 aromatic carbocycles. The van der Waals surface area contributed by atoms with Gasteiger partial charge in [0.25, 0.3) is 0 Å². The van der Waals surface area contributed by atoms with Crippen LogP contribution in [-0.2, 0) is 9.47 Å². The first-order valence-electron chi connectivity index (χ1n) is 7.65. The van der Waals surface area contributed by atoms with Crippen LogP contribution in [0.2, 0.25) is 0 Å². The molecule has 1 spiro atoms. The second-order valence-corrected chi connectivity index (χ2v) is 7.58. The monoisotopic (exact) mass is 316 g/mol. The van der Waals surface area contributed by atoms with Crippen molar-refractivity contribution in [2.24, 2.45) is 11.8 Å². The third-order valence-electron chi connectivity index (χ3n) is 5.19. The van der Waals surface area contributed by atoms with E-state index in [9.17, 15) is 0 Å². The number of ether oxygens (including phenoxy) is 2. The van der Waals surface area contributed by atoms with Gasteiger partial charge in [0.1, 0.15) is 0 Å². The minimum atomic E-state index is 0.0853. The summed E-state index contributed by atoms with van der Waals surface area (Å²) in [4.78, 5) is 0.738. The van der Waals surface area contributed by atoms with Crippen LogP contribution >= 0.6 is 15.9 Å². The van der Waals surface area contributed by atoms with Gasteiger partial charge < -0.3 is 9.47 Å². The van der Waals surface area contributed by atoms with E-state index in [4.69, 9.17) is 9.47 Å². The third kappa shape index (κ3) is 2.78. The third-order valence-corrected chi connectivity index (χ3v) is 6.32. The summed E-state index contributed by atoms with van der Waals surface area (Å²) >= 11 is 3.97. The van der Waals surface area contributed by atoms with Crippen molar-refractivity contribution in [3.63, 3.8) is 0 Å². The Hall–Kier alpha value is 0.400. The molecule has 3 heteroatoms. The van der Waals surface area contributed by atoms with Crippen LogP contribution in [0.1, 0.15) is 51.4 Å². The average Bonchev–Trinajstić information content (AvgIpc) is 2.70. The van der Waals surface area contributed by atoms with Crippen LogP contribution in [0, 0.1) is 11.8 Å². The highest BCUT2D eigenvalue weighted by atomic mass is 79.9. The molecule has 0 radical (unpaired) electrons. The minimum absolute atomic E-state index is 0.0853. The number of hydrogen-bond acceptors (Lipinski definition) is 2. The molecule has 4 atom stereocenters. The van der Waals surface area contributed by atoms with Crippen molar-refractivity contribution in [2.45, 2.75) is 61.8 Å². The van der Waals surface area contributed by atoms with Gasteiger partial charge in [-0.3, -0.25) is 0 Å². The van der Waals surface area contributed by atoms with Gasteiger partial charge in [-0.1, -0.05) is 35.2 Å². The highest BCUT2D eigenvalue weighted by molar-refractivity contribution is 9.09. The van der Waals surface area contributed by atoms with Crippen molar-refractivity contribution in [3.05, 3.63) is 0 Å². The van der Waals surface area contributed by atoms with Crippen LogP contribution in [-0.4, -0.2) is 30.2 Å². The molecular weight excluding hydrogens is 292 g/mol. The Balaban J connectivity index is 1.67. The maximum absolute atomic E-state index is 6.07. The summed E-state index contributed by atoms with van der Waals surface area (Å²) in [7, 11) is 0. The molecule has 2 nitrogen and oxygen atoms in total. The maximum Gasteiger partial charge on any atom is 0.0939 e. The second-order valence-electron chi connectivity index (χ2n) is 6.40. The molecule has 0 amide bonds. The van der Waals surface area contributed by atoms with Crippen molar-refractivity contribution in [2.75, 3.05) is 19.8 Å². The van der Waals surface area contributed by atoms with Crippen LogP contribution < -0.4 is 0 Å². The molecule has 1 aliphatic carbocycles. The fourth-order valence-electron chi connectivity index (χ4n) is 4.12. The molecule has 0 N–H and O–H groups in total. The van der Waals surface area contributed by atoms with E-state index in [1.54, 1.807) is 0 Å². The first-order chi connectivity index (χ1) is 8.79. The number of alkyl halides is 1. The minimum Gasteiger partial charge on any atom is -0.378 e. The molecule has 0 aromatic rings. The van der Waals surface area contributed by atoms with Crippen molar-refractivity contribution < 1.29 is 9.47 Å². The summed E-state index contributed by atoms with van der Waals surface area (Å²) in [6.45, 7) is 2.68. The molecule has 104 valence electrons. The predicted molar refractivity (Wildman–Crippen MR) is 76.1 cm³/mol. The normalized spacial score (nSPS) is 46.2. The van der Waals surface area contributed by atoms with Gasteiger partial charge in [0.15, 0.2) is 0 Å². The average molecular weight is 317 g/mol. The van der Waals surface area contributed by atoms with Crippen LogP contribution in [0.5, 0.6) is 0 Å². The molecule has 4 unspecified atom stereocenters. The SMILES string of the molecule is BrC1CCCCCC1C1CCOC2(CCOC2)C1. The molecule has 2 saturated heterocycles. The van der Waals surface area contributed by atoms with Crippen LogP contribution in [0.25, 0.3) is 0 Å². The zero-order chi connectivity index (χ0) is 12.4. The highest BCUT2D eigenvalue weighted by Crippen LogP contribution is 2.44. The fourth-order valence-corrected chi connectivity index (χ4v) is 5.14. The van der Waals surface area contributed by atoms with E-state index in [0.29, 0.717) is 0 Å². The Labute approximate surface area is 119 Å².